The lowest BCUT2D eigenvalue weighted by atomic mass is 10.2. The van der Waals surface area contributed by atoms with Crippen molar-refractivity contribution in [3.8, 4) is 17.3 Å². The van der Waals surface area contributed by atoms with Crippen molar-refractivity contribution in [1.82, 2.24) is 30.2 Å². The summed E-state index contributed by atoms with van der Waals surface area (Å²) >= 11 is 1.61. The van der Waals surface area contributed by atoms with E-state index in [-0.39, 0.29) is 5.91 Å². The molecule has 0 aromatic carbocycles. The zero-order valence-corrected chi connectivity index (χ0v) is 16.5. The van der Waals surface area contributed by atoms with Gasteiger partial charge in [-0.1, -0.05) is 11.2 Å². The first kappa shape index (κ1) is 17.7. The summed E-state index contributed by atoms with van der Waals surface area (Å²) in [5.74, 6) is 2.14. The highest BCUT2D eigenvalue weighted by molar-refractivity contribution is 7.09. The van der Waals surface area contributed by atoms with Gasteiger partial charge in [-0.2, -0.15) is 10.1 Å². The smallest absolute Gasteiger partial charge is 0.259 e. The molecule has 1 N–H and O–H groups in total. The van der Waals surface area contributed by atoms with Crippen molar-refractivity contribution in [3.63, 3.8) is 0 Å². The van der Waals surface area contributed by atoms with E-state index >= 15 is 0 Å². The van der Waals surface area contributed by atoms with Crippen molar-refractivity contribution in [1.29, 1.82) is 0 Å². The highest BCUT2D eigenvalue weighted by Gasteiger charge is 2.29. The van der Waals surface area contributed by atoms with Crippen LogP contribution < -0.4 is 5.32 Å². The first-order valence-corrected chi connectivity index (χ1v) is 10.2. The maximum Gasteiger partial charge on any atom is 0.259 e. The fourth-order valence-corrected chi connectivity index (χ4v) is 3.68. The number of aromatic nitrogens is 5. The van der Waals surface area contributed by atoms with E-state index in [1.165, 1.54) is 0 Å². The van der Waals surface area contributed by atoms with E-state index in [4.69, 9.17) is 4.52 Å². The van der Waals surface area contributed by atoms with Crippen LogP contribution in [0.15, 0.2) is 46.6 Å². The second-order valence-corrected chi connectivity index (χ2v) is 7.99. The molecule has 1 aliphatic rings. The Morgan fingerprint density at radius 1 is 1.31 bits per heavy atom. The van der Waals surface area contributed by atoms with E-state index in [0.717, 1.165) is 34.8 Å². The molecule has 0 radical (unpaired) electrons. The van der Waals surface area contributed by atoms with Gasteiger partial charge in [0, 0.05) is 17.0 Å². The second kappa shape index (κ2) is 7.25. The first-order chi connectivity index (χ1) is 14.2. The van der Waals surface area contributed by atoms with Crippen molar-refractivity contribution in [3.05, 3.63) is 64.0 Å². The van der Waals surface area contributed by atoms with Gasteiger partial charge in [-0.3, -0.25) is 4.79 Å². The molecule has 29 heavy (non-hydrogen) atoms. The van der Waals surface area contributed by atoms with Gasteiger partial charge in [-0.15, -0.1) is 11.3 Å². The molecular weight excluding hydrogens is 388 g/mol. The Hall–Kier alpha value is -3.33. The lowest BCUT2D eigenvalue weighted by Crippen LogP contribution is -2.22. The van der Waals surface area contributed by atoms with E-state index in [0.29, 0.717) is 29.7 Å². The summed E-state index contributed by atoms with van der Waals surface area (Å²) in [6, 6.07) is 7.64. The minimum atomic E-state index is -0.155. The van der Waals surface area contributed by atoms with Gasteiger partial charge in [0.05, 0.1) is 29.6 Å². The molecule has 4 aromatic rings. The molecule has 0 aliphatic heterocycles. The molecule has 0 bridgehead atoms. The Morgan fingerprint density at radius 3 is 2.93 bits per heavy atom. The van der Waals surface area contributed by atoms with Gasteiger partial charge in [-0.05, 0) is 43.3 Å². The van der Waals surface area contributed by atoms with E-state index in [1.54, 1.807) is 28.4 Å². The topological polar surface area (TPSA) is 98.7 Å². The molecule has 8 nitrogen and oxygen atoms in total. The van der Waals surface area contributed by atoms with Crippen molar-refractivity contribution >= 4 is 17.2 Å². The molecule has 4 aromatic heterocycles. The summed E-state index contributed by atoms with van der Waals surface area (Å²) in [6.45, 7) is 2.35. The summed E-state index contributed by atoms with van der Waals surface area (Å²) in [5, 5.41) is 13.3. The lowest BCUT2D eigenvalue weighted by molar-refractivity contribution is 0.0950. The fourth-order valence-electron chi connectivity index (χ4n) is 3.04. The van der Waals surface area contributed by atoms with Crippen LogP contribution in [-0.2, 0) is 6.54 Å². The average Bonchev–Trinajstić information content (AvgIpc) is 3.13. The minimum Gasteiger partial charge on any atom is -0.347 e. The minimum absolute atomic E-state index is 0.155. The predicted molar refractivity (Wildman–Crippen MR) is 107 cm³/mol. The Balaban J connectivity index is 1.32. The largest absolute Gasteiger partial charge is 0.347 e. The molecule has 0 atom stereocenters. The van der Waals surface area contributed by atoms with Gasteiger partial charge in [0.1, 0.15) is 0 Å². The van der Waals surface area contributed by atoms with E-state index < -0.39 is 0 Å². The number of rotatable bonds is 6. The van der Waals surface area contributed by atoms with Crippen molar-refractivity contribution in [2.24, 2.45) is 0 Å². The molecule has 0 spiro atoms. The standard InChI is InChI=1S/C20H18N6O2S/c1-12-16(19(27)22-10-15-3-2-8-29-15)11-23-26(12)17-7-6-14(9-21-17)20-24-18(25-28-20)13-4-5-13/h2-3,6-9,11,13H,4-5,10H2,1H3,(H,22,27). The number of carbonyl (C=O) groups excluding carboxylic acids is 1. The molecule has 0 unspecified atom stereocenters. The third kappa shape index (κ3) is 3.56. The SMILES string of the molecule is Cc1c(C(=O)NCc2cccs2)cnn1-c1ccc(-c2nc(C3CC3)no2)cn1. The molecule has 1 saturated carbocycles. The highest BCUT2D eigenvalue weighted by Crippen LogP contribution is 2.38. The Labute approximate surface area is 170 Å². The normalized spacial score (nSPS) is 13.6. The number of thiophene rings is 1. The Bertz CT molecular complexity index is 1140. The third-order valence-corrected chi connectivity index (χ3v) is 5.73. The van der Waals surface area contributed by atoms with Gasteiger partial charge >= 0.3 is 0 Å². The van der Waals surface area contributed by atoms with E-state index in [1.807, 2.05) is 36.6 Å². The summed E-state index contributed by atoms with van der Waals surface area (Å²) in [4.78, 5) is 22.5. The Morgan fingerprint density at radius 2 is 2.21 bits per heavy atom. The highest BCUT2D eigenvalue weighted by atomic mass is 32.1. The van der Waals surface area contributed by atoms with Gasteiger partial charge < -0.3 is 9.84 Å². The van der Waals surface area contributed by atoms with Gasteiger partial charge in [-0.25, -0.2) is 9.67 Å². The van der Waals surface area contributed by atoms with E-state index in [2.05, 4.69) is 25.5 Å². The van der Waals surface area contributed by atoms with E-state index in [9.17, 15) is 4.79 Å². The van der Waals surface area contributed by atoms with Crippen LogP contribution in [0.2, 0.25) is 0 Å². The second-order valence-electron chi connectivity index (χ2n) is 6.95. The summed E-state index contributed by atoms with van der Waals surface area (Å²) < 4.78 is 6.98. The predicted octanol–water partition coefficient (Wildman–Crippen LogP) is 3.49. The zero-order chi connectivity index (χ0) is 19.8. The van der Waals surface area contributed by atoms with Crippen LogP contribution in [0.1, 0.15) is 45.5 Å². The zero-order valence-electron chi connectivity index (χ0n) is 15.7. The molecule has 146 valence electrons. The molecule has 1 aliphatic carbocycles. The molecule has 5 rings (SSSR count). The number of nitrogens with one attached hydrogen (secondary N) is 1. The van der Waals surface area contributed by atoms with Crippen molar-refractivity contribution in [2.45, 2.75) is 32.2 Å². The van der Waals surface area contributed by atoms with Crippen molar-refractivity contribution in [2.75, 3.05) is 0 Å². The third-order valence-electron chi connectivity index (χ3n) is 4.85. The molecule has 1 fully saturated rings. The summed E-state index contributed by atoms with van der Waals surface area (Å²) in [5.41, 5.74) is 2.01. The van der Waals surface area contributed by atoms with Gasteiger partial charge in [0.15, 0.2) is 11.6 Å². The number of hydrogen-bond acceptors (Lipinski definition) is 7. The molecule has 4 heterocycles. The maximum atomic E-state index is 12.5. The average molecular weight is 406 g/mol. The monoisotopic (exact) mass is 406 g/mol. The van der Waals surface area contributed by atoms with Gasteiger partial charge in [0.25, 0.3) is 11.8 Å². The number of amides is 1. The van der Waals surface area contributed by atoms with Crippen LogP contribution in [0, 0.1) is 6.92 Å². The quantitative estimate of drug-likeness (QED) is 0.526. The van der Waals surface area contributed by atoms with Crippen LogP contribution in [0.25, 0.3) is 17.3 Å². The number of hydrogen-bond donors (Lipinski definition) is 1. The molecule has 0 saturated heterocycles. The fraction of sp³-hybridized carbons (Fsp3) is 0.250. The molecule has 9 heteroatoms. The van der Waals surface area contributed by atoms with Crippen molar-refractivity contribution < 1.29 is 9.32 Å². The summed E-state index contributed by atoms with van der Waals surface area (Å²) in [6.07, 6.45) is 5.49. The first-order valence-electron chi connectivity index (χ1n) is 9.34. The summed E-state index contributed by atoms with van der Waals surface area (Å²) in [7, 11) is 0. The van der Waals surface area contributed by atoms with Crippen LogP contribution in [-0.4, -0.2) is 30.8 Å². The van der Waals surface area contributed by atoms with Gasteiger partial charge in [0.2, 0.25) is 0 Å². The molecule has 1 amide bonds. The lowest BCUT2D eigenvalue weighted by Gasteiger charge is -2.06. The maximum absolute atomic E-state index is 12.5. The number of pyridine rings is 1. The van der Waals surface area contributed by atoms with Crippen LogP contribution in [0.3, 0.4) is 0 Å². The molecular formula is C20H18N6O2S. The number of nitrogens with zero attached hydrogens (tertiary/aromatic N) is 5. The van der Waals surface area contributed by atoms with Crippen LogP contribution in [0.5, 0.6) is 0 Å². The number of carbonyl (C=O) groups is 1. The van der Waals surface area contributed by atoms with Crippen LogP contribution >= 0.6 is 11.3 Å². The Kier molecular flexibility index (Phi) is 4.44. The van der Waals surface area contributed by atoms with Crippen LogP contribution in [0.4, 0.5) is 0 Å².